The number of hydrogen-bond donors (Lipinski definition) is 0. The molecule has 1 unspecified atom stereocenters. The standard InChI is InChI=1S/C12H18N2S/c1-11(12-5-2-3-6-13-12)14-7-4-9-15-10-8-14/h2-3,5-6,11H,4,7-10H2,1H3. The van der Waals surface area contributed by atoms with Crippen LogP contribution in [0.1, 0.15) is 25.1 Å². The van der Waals surface area contributed by atoms with Crippen LogP contribution in [0.2, 0.25) is 0 Å². The largest absolute Gasteiger partial charge is 0.294 e. The number of hydrogen-bond acceptors (Lipinski definition) is 3. The van der Waals surface area contributed by atoms with Gasteiger partial charge in [0.05, 0.1) is 5.69 Å². The van der Waals surface area contributed by atoms with Crippen LogP contribution in [0.4, 0.5) is 0 Å². The van der Waals surface area contributed by atoms with E-state index >= 15 is 0 Å². The molecule has 0 amide bonds. The van der Waals surface area contributed by atoms with Crippen LogP contribution in [0, 0.1) is 0 Å². The van der Waals surface area contributed by atoms with Crippen molar-refractivity contribution in [2.24, 2.45) is 0 Å². The third-order valence-electron chi connectivity index (χ3n) is 2.92. The maximum atomic E-state index is 4.44. The van der Waals surface area contributed by atoms with Crippen molar-refractivity contribution in [3.8, 4) is 0 Å². The maximum absolute atomic E-state index is 4.44. The number of aromatic nitrogens is 1. The Kier molecular flexibility index (Phi) is 4.03. The summed E-state index contributed by atoms with van der Waals surface area (Å²) in [6.45, 7) is 4.67. The first-order chi connectivity index (χ1) is 7.38. The van der Waals surface area contributed by atoms with E-state index in [0.717, 1.165) is 0 Å². The summed E-state index contributed by atoms with van der Waals surface area (Å²) in [5, 5.41) is 0. The van der Waals surface area contributed by atoms with Crippen LogP contribution in [0.15, 0.2) is 24.4 Å². The Labute approximate surface area is 96.1 Å². The third kappa shape index (κ3) is 2.95. The zero-order valence-electron chi connectivity index (χ0n) is 9.22. The van der Waals surface area contributed by atoms with Gasteiger partial charge in [-0.15, -0.1) is 0 Å². The lowest BCUT2D eigenvalue weighted by molar-refractivity contribution is 0.224. The van der Waals surface area contributed by atoms with E-state index < -0.39 is 0 Å². The van der Waals surface area contributed by atoms with E-state index in [-0.39, 0.29) is 0 Å². The summed E-state index contributed by atoms with van der Waals surface area (Å²) in [6, 6.07) is 6.65. The molecule has 1 aromatic heterocycles. The summed E-state index contributed by atoms with van der Waals surface area (Å²) in [6.07, 6.45) is 3.19. The van der Waals surface area contributed by atoms with Crippen molar-refractivity contribution < 1.29 is 0 Å². The monoisotopic (exact) mass is 222 g/mol. The van der Waals surface area contributed by atoms with Gasteiger partial charge < -0.3 is 0 Å². The zero-order valence-corrected chi connectivity index (χ0v) is 10.0. The zero-order chi connectivity index (χ0) is 10.5. The van der Waals surface area contributed by atoms with Gasteiger partial charge in [0.2, 0.25) is 0 Å². The normalized spacial score (nSPS) is 20.9. The van der Waals surface area contributed by atoms with Gasteiger partial charge in [-0.3, -0.25) is 9.88 Å². The van der Waals surface area contributed by atoms with Crippen molar-refractivity contribution >= 4 is 11.8 Å². The van der Waals surface area contributed by atoms with Crippen molar-refractivity contribution in [1.29, 1.82) is 0 Å². The lowest BCUT2D eigenvalue weighted by Gasteiger charge is -2.26. The van der Waals surface area contributed by atoms with Gasteiger partial charge in [-0.25, -0.2) is 0 Å². The molecule has 82 valence electrons. The Morgan fingerprint density at radius 2 is 2.27 bits per heavy atom. The molecule has 2 heterocycles. The molecule has 1 saturated heterocycles. The van der Waals surface area contributed by atoms with Gasteiger partial charge in [-0.2, -0.15) is 11.8 Å². The molecule has 0 aliphatic carbocycles. The molecule has 0 N–H and O–H groups in total. The van der Waals surface area contributed by atoms with Crippen LogP contribution in [0.3, 0.4) is 0 Å². The number of pyridine rings is 1. The Morgan fingerprint density at radius 3 is 3.07 bits per heavy atom. The molecule has 2 nitrogen and oxygen atoms in total. The fourth-order valence-electron chi connectivity index (χ4n) is 1.96. The van der Waals surface area contributed by atoms with E-state index in [1.165, 1.54) is 36.7 Å². The van der Waals surface area contributed by atoms with E-state index in [0.29, 0.717) is 6.04 Å². The minimum Gasteiger partial charge on any atom is -0.294 e. The molecule has 0 saturated carbocycles. The highest BCUT2D eigenvalue weighted by molar-refractivity contribution is 7.99. The van der Waals surface area contributed by atoms with Crippen LogP contribution < -0.4 is 0 Å². The smallest absolute Gasteiger partial charge is 0.0572 e. The summed E-state index contributed by atoms with van der Waals surface area (Å²) < 4.78 is 0. The summed E-state index contributed by atoms with van der Waals surface area (Å²) in [5.74, 6) is 2.57. The molecule has 0 spiro atoms. The molecule has 0 radical (unpaired) electrons. The molecule has 15 heavy (non-hydrogen) atoms. The highest BCUT2D eigenvalue weighted by atomic mass is 32.2. The van der Waals surface area contributed by atoms with E-state index in [1.54, 1.807) is 0 Å². The average molecular weight is 222 g/mol. The molecular weight excluding hydrogens is 204 g/mol. The Bertz CT molecular complexity index is 281. The molecule has 0 aromatic carbocycles. The predicted octanol–water partition coefficient (Wildman–Crippen LogP) is 2.58. The minimum atomic E-state index is 0.463. The van der Waals surface area contributed by atoms with E-state index in [9.17, 15) is 0 Å². The summed E-state index contributed by atoms with van der Waals surface area (Å²) >= 11 is 2.07. The lowest BCUT2D eigenvalue weighted by atomic mass is 10.2. The van der Waals surface area contributed by atoms with Crippen LogP contribution in [0.25, 0.3) is 0 Å². The molecule has 0 bridgehead atoms. The van der Waals surface area contributed by atoms with Gasteiger partial charge in [0.25, 0.3) is 0 Å². The van der Waals surface area contributed by atoms with Gasteiger partial charge in [-0.1, -0.05) is 6.07 Å². The number of nitrogens with zero attached hydrogens (tertiary/aromatic N) is 2. The molecular formula is C12H18N2S. The van der Waals surface area contributed by atoms with E-state index in [4.69, 9.17) is 0 Å². The molecule has 1 aliphatic heterocycles. The van der Waals surface area contributed by atoms with Gasteiger partial charge >= 0.3 is 0 Å². The second-order valence-corrected chi connectivity index (χ2v) is 5.16. The topological polar surface area (TPSA) is 16.1 Å². The van der Waals surface area contributed by atoms with Crippen molar-refractivity contribution in [2.45, 2.75) is 19.4 Å². The molecule has 3 heteroatoms. The second kappa shape index (κ2) is 5.52. The first-order valence-electron chi connectivity index (χ1n) is 5.60. The van der Waals surface area contributed by atoms with E-state index in [2.05, 4.69) is 40.7 Å². The number of thioether (sulfide) groups is 1. The van der Waals surface area contributed by atoms with Gasteiger partial charge in [0.1, 0.15) is 0 Å². The van der Waals surface area contributed by atoms with E-state index in [1.807, 2.05) is 12.3 Å². The minimum absolute atomic E-state index is 0.463. The SMILES string of the molecule is CC(c1ccccn1)N1CCCSCC1. The molecule has 2 rings (SSSR count). The predicted molar refractivity (Wildman–Crippen MR) is 66.2 cm³/mol. The van der Waals surface area contributed by atoms with Crippen molar-refractivity contribution in [2.75, 3.05) is 24.6 Å². The fourth-order valence-corrected chi connectivity index (χ4v) is 2.86. The molecule has 1 fully saturated rings. The highest BCUT2D eigenvalue weighted by Gasteiger charge is 2.17. The average Bonchev–Trinajstić information content (AvgIpc) is 2.58. The molecule has 1 aromatic rings. The van der Waals surface area contributed by atoms with Gasteiger partial charge in [0.15, 0.2) is 0 Å². The maximum Gasteiger partial charge on any atom is 0.0572 e. The summed E-state index contributed by atoms with van der Waals surface area (Å²) in [7, 11) is 0. The molecule has 1 aliphatic rings. The Hall–Kier alpha value is -0.540. The second-order valence-electron chi connectivity index (χ2n) is 3.93. The summed E-state index contributed by atoms with van der Waals surface area (Å²) in [5.41, 5.74) is 1.20. The van der Waals surface area contributed by atoms with Crippen molar-refractivity contribution in [1.82, 2.24) is 9.88 Å². The Morgan fingerprint density at radius 1 is 1.33 bits per heavy atom. The van der Waals surface area contributed by atoms with Gasteiger partial charge in [0, 0.05) is 24.5 Å². The number of rotatable bonds is 2. The highest BCUT2D eigenvalue weighted by Crippen LogP contribution is 2.21. The third-order valence-corrected chi connectivity index (χ3v) is 3.97. The van der Waals surface area contributed by atoms with Crippen LogP contribution in [0.5, 0.6) is 0 Å². The lowest BCUT2D eigenvalue weighted by Crippen LogP contribution is -2.29. The quantitative estimate of drug-likeness (QED) is 0.765. The fraction of sp³-hybridized carbons (Fsp3) is 0.583. The van der Waals surface area contributed by atoms with Crippen LogP contribution in [-0.4, -0.2) is 34.5 Å². The first kappa shape index (κ1) is 11.0. The van der Waals surface area contributed by atoms with Gasteiger partial charge in [-0.05, 0) is 37.8 Å². The summed E-state index contributed by atoms with van der Waals surface area (Å²) in [4.78, 5) is 6.98. The van der Waals surface area contributed by atoms with Crippen molar-refractivity contribution in [3.63, 3.8) is 0 Å². The van der Waals surface area contributed by atoms with Crippen LogP contribution >= 0.6 is 11.8 Å². The van der Waals surface area contributed by atoms with Crippen LogP contribution in [-0.2, 0) is 0 Å². The first-order valence-corrected chi connectivity index (χ1v) is 6.76. The Balaban J connectivity index is 2.03. The molecule has 1 atom stereocenters. The van der Waals surface area contributed by atoms with Crippen molar-refractivity contribution in [3.05, 3.63) is 30.1 Å².